The lowest BCUT2D eigenvalue weighted by Gasteiger charge is -2.41. The van der Waals surface area contributed by atoms with Crippen LogP contribution in [-0.4, -0.2) is 42.8 Å². The van der Waals surface area contributed by atoms with Crippen LogP contribution in [0.15, 0.2) is 23.1 Å². The monoisotopic (exact) mass is 333 g/mol. The second-order valence-electron chi connectivity index (χ2n) is 5.44. The molecule has 0 saturated carbocycles. The second-order valence-corrected chi connectivity index (χ2v) is 7.70. The molecule has 0 aliphatic carbocycles. The van der Waals surface area contributed by atoms with Crippen molar-refractivity contribution in [2.24, 2.45) is 0 Å². The van der Waals surface area contributed by atoms with Gasteiger partial charge in [-0.1, -0.05) is 11.6 Å². The Labute approximate surface area is 128 Å². The van der Waals surface area contributed by atoms with Crippen LogP contribution in [0.4, 0.5) is 5.69 Å². The zero-order valence-electron chi connectivity index (χ0n) is 11.7. The number of nitro groups is 1. The summed E-state index contributed by atoms with van der Waals surface area (Å²) in [6, 6.07) is 3.59. The van der Waals surface area contributed by atoms with E-state index < -0.39 is 26.2 Å². The van der Waals surface area contributed by atoms with Crippen LogP contribution in [0, 0.1) is 10.1 Å². The van der Waals surface area contributed by atoms with Gasteiger partial charge in [-0.05, 0) is 26.0 Å². The van der Waals surface area contributed by atoms with Crippen molar-refractivity contribution in [1.82, 2.24) is 9.62 Å². The van der Waals surface area contributed by atoms with Gasteiger partial charge in [-0.15, -0.1) is 0 Å². The maximum Gasteiger partial charge on any atom is 0.290 e. The highest BCUT2D eigenvalue weighted by Gasteiger charge is 2.41. The topological polar surface area (TPSA) is 92.6 Å². The standard InChI is InChI=1S/C12H16ClN3O4S/c1-12(2)8-14-5-6-15(12)21(19,20)11-4-3-9(13)7-10(11)16(17)18/h3-4,7,14H,5-6,8H2,1-2H3. The molecule has 9 heteroatoms. The van der Waals surface area contributed by atoms with Crippen molar-refractivity contribution in [3.8, 4) is 0 Å². The van der Waals surface area contributed by atoms with Crippen LogP contribution in [0.3, 0.4) is 0 Å². The summed E-state index contributed by atoms with van der Waals surface area (Å²) in [5.41, 5.74) is -1.17. The van der Waals surface area contributed by atoms with Crippen molar-refractivity contribution in [1.29, 1.82) is 0 Å². The summed E-state index contributed by atoms with van der Waals surface area (Å²) in [6.07, 6.45) is 0. The smallest absolute Gasteiger partial charge is 0.290 e. The Morgan fingerprint density at radius 1 is 1.43 bits per heavy atom. The number of halogens is 1. The first-order valence-corrected chi connectivity index (χ1v) is 8.15. The van der Waals surface area contributed by atoms with E-state index in [0.29, 0.717) is 13.1 Å². The van der Waals surface area contributed by atoms with E-state index in [1.807, 2.05) is 0 Å². The van der Waals surface area contributed by atoms with Gasteiger partial charge in [0.1, 0.15) is 0 Å². The van der Waals surface area contributed by atoms with Crippen LogP contribution in [0.2, 0.25) is 5.02 Å². The van der Waals surface area contributed by atoms with Crippen LogP contribution in [-0.2, 0) is 10.0 Å². The van der Waals surface area contributed by atoms with Gasteiger partial charge in [0.2, 0.25) is 10.0 Å². The van der Waals surface area contributed by atoms with Crippen molar-refractivity contribution in [3.63, 3.8) is 0 Å². The Balaban J connectivity index is 2.57. The molecule has 1 fully saturated rings. The fourth-order valence-electron chi connectivity index (χ4n) is 2.38. The highest BCUT2D eigenvalue weighted by molar-refractivity contribution is 7.89. The number of benzene rings is 1. The average molecular weight is 334 g/mol. The van der Waals surface area contributed by atoms with Crippen LogP contribution < -0.4 is 5.32 Å². The van der Waals surface area contributed by atoms with Gasteiger partial charge in [-0.3, -0.25) is 10.1 Å². The van der Waals surface area contributed by atoms with E-state index in [-0.39, 0.29) is 16.5 Å². The minimum atomic E-state index is -3.97. The Kier molecular flexibility index (Phi) is 4.25. The van der Waals surface area contributed by atoms with Gasteiger partial charge in [0, 0.05) is 36.3 Å². The average Bonchev–Trinajstić information content (AvgIpc) is 2.37. The summed E-state index contributed by atoms with van der Waals surface area (Å²) in [5, 5.41) is 14.4. The van der Waals surface area contributed by atoms with Crippen LogP contribution in [0.1, 0.15) is 13.8 Å². The molecule has 1 aromatic carbocycles. The third-order valence-corrected chi connectivity index (χ3v) is 5.80. The Morgan fingerprint density at radius 2 is 2.10 bits per heavy atom. The first-order chi connectivity index (χ1) is 9.66. The van der Waals surface area contributed by atoms with Gasteiger partial charge in [0.15, 0.2) is 4.90 Å². The summed E-state index contributed by atoms with van der Waals surface area (Å²) in [7, 11) is -3.97. The highest BCUT2D eigenvalue weighted by Crippen LogP contribution is 2.33. The molecular weight excluding hydrogens is 318 g/mol. The first kappa shape index (κ1) is 16.2. The summed E-state index contributed by atoms with van der Waals surface area (Å²) in [5.74, 6) is 0. The molecule has 1 N–H and O–H groups in total. The van der Waals surface area contributed by atoms with E-state index >= 15 is 0 Å². The van der Waals surface area contributed by atoms with E-state index in [1.54, 1.807) is 13.8 Å². The van der Waals surface area contributed by atoms with E-state index in [0.717, 1.165) is 6.07 Å². The molecule has 1 aromatic rings. The molecule has 1 heterocycles. The molecule has 0 radical (unpaired) electrons. The minimum Gasteiger partial charge on any atom is -0.314 e. The minimum absolute atomic E-state index is 0.125. The van der Waals surface area contributed by atoms with Crippen LogP contribution >= 0.6 is 11.6 Å². The molecule has 0 amide bonds. The second kappa shape index (κ2) is 5.53. The molecule has 0 aromatic heterocycles. The number of rotatable bonds is 3. The highest BCUT2D eigenvalue weighted by atomic mass is 35.5. The lowest BCUT2D eigenvalue weighted by atomic mass is 10.0. The number of nitrogens with one attached hydrogen (secondary N) is 1. The fraction of sp³-hybridized carbons (Fsp3) is 0.500. The van der Waals surface area contributed by atoms with Gasteiger partial charge in [0.05, 0.1) is 4.92 Å². The number of sulfonamides is 1. The van der Waals surface area contributed by atoms with Gasteiger partial charge in [-0.2, -0.15) is 4.31 Å². The van der Waals surface area contributed by atoms with Crippen molar-refractivity contribution >= 4 is 27.3 Å². The molecule has 116 valence electrons. The SMILES string of the molecule is CC1(C)CNCCN1S(=O)(=O)c1ccc(Cl)cc1[N+](=O)[O-]. The fourth-order valence-corrected chi connectivity index (χ4v) is 4.47. The predicted molar refractivity (Wildman–Crippen MR) is 78.9 cm³/mol. The van der Waals surface area contributed by atoms with E-state index in [2.05, 4.69) is 5.32 Å². The summed E-state index contributed by atoms with van der Waals surface area (Å²) in [4.78, 5) is 10.1. The van der Waals surface area contributed by atoms with Crippen molar-refractivity contribution in [3.05, 3.63) is 33.3 Å². The molecule has 1 aliphatic heterocycles. The van der Waals surface area contributed by atoms with E-state index in [1.165, 1.54) is 16.4 Å². The molecule has 1 aliphatic rings. The number of nitro benzene ring substituents is 1. The molecule has 0 bridgehead atoms. The van der Waals surface area contributed by atoms with Gasteiger partial charge < -0.3 is 5.32 Å². The third-order valence-electron chi connectivity index (χ3n) is 3.41. The summed E-state index contributed by atoms with van der Waals surface area (Å²) in [6.45, 7) is 4.80. The molecule has 0 spiro atoms. The van der Waals surface area contributed by atoms with E-state index in [9.17, 15) is 18.5 Å². The molecular formula is C12H16ClN3O4S. The van der Waals surface area contributed by atoms with E-state index in [4.69, 9.17) is 11.6 Å². The number of hydrogen-bond donors (Lipinski definition) is 1. The molecule has 0 unspecified atom stereocenters. The number of hydrogen-bond acceptors (Lipinski definition) is 5. The molecule has 21 heavy (non-hydrogen) atoms. The lowest BCUT2D eigenvalue weighted by Crippen LogP contribution is -2.59. The maximum atomic E-state index is 12.8. The lowest BCUT2D eigenvalue weighted by molar-refractivity contribution is -0.387. The Bertz CT molecular complexity index is 675. The van der Waals surface area contributed by atoms with Gasteiger partial charge >= 0.3 is 0 Å². The molecule has 2 rings (SSSR count). The predicted octanol–water partition coefficient (Wildman–Crippen LogP) is 1.62. The van der Waals surface area contributed by atoms with Gasteiger partial charge in [-0.25, -0.2) is 8.42 Å². The Hall–Kier alpha value is -1.22. The van der Waals surface area contributed by atoms with Crippen LogP contribution in [0.25, 0.3) is 0 Å². The maximum absolute atomic E-state index is 12.8. The molecule has 7 nitrogen and oxygen atoms in total. The zero-order chi connectivity index (χ0) is 15.8. The number of nitrogens with zero attached hydrogens (tertiary/aromatic N) is 2. The van der Waals surface area contributed by atoms with Crippen molar-refractivity contribution in [2.75, 3.05) is 19.6 Å². The quantitative estimate of drug-likeness (QED) is 0.670. The molecule has 1 saturated heterocycles. The first-order valence-electron chi connectivity index (χ1n) is 6.34. The number of piperazine rings is 1. The Morgan fingerprint density at radius 3 is 2.67 bits per heavy atom. The zero-order valence-corrected chi connectivity index (χ0v) is 13.2. The third kappa shape index (κ3) is 3.03. The largest absolute Gasteiger partial charge is 0.314 e. The van der Waals surface area contributed by atoms with Crippen molar-refractivity contribution < 1.29 is 13.3 Å². The normalized spacial score (nSPS) is 19.4. The molecule has 0 atom stereocenters. The summed E-state index contributed by atoms with van der Waals surface area (Å²) >= 11 is 5.73. The summed E-state index contributed by atoms with van der Waals surface area (Å²) < 4.78 is 26.9. The van der Waals surface area contributed by atoms with Crippen LogP contribution in [0.5, 0.6) is 0 Å². The van der Waals surface area contributed by atoms with Crippen molar-refractivity contribution in [2.45, 2.75) is 24.3 Å². The van der Waals surface area contributed by atoms with Gasteiger partial charge in [0.25, 0.3) is 5.69 Å².